The Morgan fingerprint density at radius 2 is 1.95 bits per heavy atom. The maximum absolute atomic E-state index is 10.7. The topological polar surface area (TPSA) is 58.6 Å². The van der Waals surface area contributed by atoms with E-state index in [1.807, 2.05) is 31.2 Å². The fourth-order valence-electron chi connectivity index (χ4n) is 1.80. The Hall–Kier alpha value is -2.49. The van der Waals surface area contributed by atoms with Gasteiger partial charge in [0.15, 0.2) is 0 Å². The quantitative estimate of drug-likeness (QED) is 0.792. The maximum atomic E-state index is 10.7. The van der Waals surface area contributed by atoms with Crippen molar-refractivity contribution < 1.29 is 14.6 Å². The summed E-state index contributed by atoms with van der Waals surface area (Å²) in [7, 11) is 0. The monoisotopic (exact) mass is 271 g/mol. The van der Waals surface area contributed by atoms with Gasteiger partial charge in [-0.05, 0) is 48.9 Å². The second-order valence-corrected chi connectivity index (χ2v) is 4.47. The molecule has 0 fully saturated rings. The highest BCUT2D eigenvalue weighted by Gasteiger charge is 2.01. The van der Waals surface area contributed by atoms with Crippen molar-refractivity contribution in [2.24, 2.45) is 0 Å². The van der Waals surface area contributed by atoms with E-state index in [1.54, 1.807) is 24.3 Å². The number of carboxylic acid groups (broad SMARTS) is 1. The first-order chi connectivity index (χ1) is 9.65. The van der Waals surface area contributed by atoms with Crippen LogP contribution in [0.15, 0.2) is 48.5 Å². The van der Waals surface area contributed by atoms with Crippen molar-refractivity contribution in [1.82, 2.24) is 0 Å². The van der Waals surface area contributed by atoms with Gasteiger partial charge in [0.1, 0.15) is 12.4 Å². The lowest BCUT2D eigenvalue weighted by atomic mass is 10.2. The highest BCUT2D eigenvalue weighted by molar-refractivity contribution is 5.87. The fraction of sp³-hybridized carbons (Fsp3) is 0.188. The lowest BCUT2D eigenvalue weighted by Crippen LogP contribution is -2.11. The van der Waals surface area contributed by atoms with E-state index >= 15 is 0 Å². The van der Waals surface area contributed by atoms with Crippen LogP contribution in [0.5, 0.6) is 5.75 Å². The van der Waals surface area contributed by atoms with Gasteiger partial charge in [0.05, 0.1) is 5.56 Å². The van der Waals surface area contributed by atoms with E-state index in [9.17, 15) is 4.79 Å². The number of hydrogen-bond acceptors (Lipinski definition) is 3. The molecule has 0 unspecified atom stereocenters. The van der Waals surface area contributed by atoms with Gasteiger partial charge in [0, 0.05) is 12.2 Å². The van der Waals surface area contributed by atoms with E-state index in [4.69, 9.17) is 9.84 Å². The van der Waals surface area contributed by atoms with Crippen LogP contribution in [0.3, 0.4) is 0 Å². The van der Waals surface area contributed by atoms with Crippen LogP contribution in [0.1, 0.15) is 15.9 Å². The molecule has 0 heterocycles. The molecule has 0 saturated heterocycles. The smallest absolute Gasteiger partial charge is 0.335 e. The minimum Gasteiger partial charge on any atom is -0.492 e. The van der Waals surface area contributed by atoms with Gasteiger partial charge in [0.25, 0.3) is 0 Å². The average molecular weight is 271 g/mol. The van der Waals surface area contributed by atoms with Crippen molar-refractivity contribution in [3.63, 3.8) is 0 Å². The SMILES string of the molecule is Cc1cccc(OCCNc2ccc(C(=O)O)cc2)c1. The van der Waals surface area contributed by atoms with Crippen LogP contribution in [-0.4, -0.2) is 24.2 Å². The Morgan fingerprint density at radius 3 is 2.60 bits per heavy atom. The van der Waals surface area contributed by atoms with Gasteiger partial charge >= 0.3 is 5.97 Å². The van der Waals surface area contributed by atoms with Crippen LogP contribution in [-0.2, 0) is 0 Å². The molecular formula is C16H17NO3. The summed E-state index contributed by atoms with van der Waals surface area (Å²) in [5.74, 6) is -0.0626. The zero-order valence-electron chi connectivity index (χ0n) is 11.3. The molecule has 104 valence electrons. The molecule has 4 heteroatoms. The van der Waals surface area contributed by atoms with Crippen molar-refractivity contribution in [1.29, 1.82) is 0 Å². The van der Waals surface area contributed by atoms with Gasteiger partial charge in [-0.15, -0.1) is 0 Å². The van der Waals surface area contributed by atoms with E-state index in [-0.39, 0.29) is 5.56 Å². The molecule has 20 heavy (non-hydrogen) atoms. The molecule has 0 radical (unpaired) electrons. The van der Waals surface area contributed by atoms with Crippen LogP contribution >= 0.6 is 0 Å². The summed E-state index contributed by atoms with van der Waals surface area (Å²) in [5, 5.41) is 12.0. The summed E-state index contributed by atoms with van der Waals surface area (Å²) in [6.07, 6.45) is 0. The number of nitrogens with one attached hydrogen (secondary N) is 1. The van der Waals surface area contributed by atoms with E-state index in [1.165, 1.54) is 5.56 Å². The molecule has 0 atom stereocenters. The fourth-order valence-corrected chi connectivity index (χ4v) is 1.80. The van der Waals surface area contributed by atoms with E-state index in [2.05, 4.69) is 5.32 Å². The van der Waals surface area contributed by atoms with Crippen molar-refractivity contribution in [2.45, 2.75) is 6.92 Å². The zero-order chi connectivity index (χ0) is 14.4. The Kier molecular flexibility index (Phi) is 4.60. The van der Waals surface area contributed by atoms with E-state index in [0.29, 0.717) is 13.2 Å². The molecule has 4 nitrogen and oxygen atoms in total. The molecule has 2 N–H and O–H groups in total. The third kappa shape index (κ3) is 4.02. The standard InChI is InChI=1S/C16H17NO3/c1-12-3-2-4-15(11-12)20-10-9-17-14-7-5-13(6-8-14)16(18)19/h2-8,11,17H,9-10H2,1H3,(H,18,19). The van der Waals surface area contributed by atoms with Crippen LogP contribution in [0.4, 0.5) is 5.69 Å². The number of carboxylic acids is 1. The number of carbonyl (C=O) groups is 1. The number of benzene rings is 2. The van der Waals surface area contributed by atoms with E-state index < -0.39 is 5.97 Å². The molecular weight excluding hydrogens is 254 g/mol. The third-order valence-corrected chi connectivity index (χ3v) is 2.82. The van der Waals surface area contributed by atoms with Crippen LogP contribution in [0.25, 0.3) is 0 Å². The first-order valence-electron chi connectivity index (χ1n) is 6.42. The van der Waals surface area contributed by atoms with Crippen LogP contribution < -0.4 is 10.1 Å². The second-order valence-electron chi connectivity index (χ2n) is 4.47. The summed E-state index contributed by atoms with van der Waals surface area (Å²) < 4.78 is 5.61. The lowest BCUT2D eigenvalue weighted by molar-refractivity contribution is 0.0697. The molecule has 0 aliphatic carbocycles. The first-order valence-corrected chi connectivity index (χ1v) is 6.42. The van der Waals surface area contributed by atoms with Gasteiger partial charge in [-0.2, -0.15) is 0 Å². The number of aromatic carboxylic acids is 1. The molecule has 0 aliphatic rings. The molecule has 0 aromatic heterocycles. The lowest BCUT2D eigenvalue weighted by Gasteiger charge is -2.09. The maximum Gasteiger partial charge on any atom is 0.335 e. The van der Waals surface area contributed by atoms with Gasteiger partial charge in [0.2, 0.25) is 0 Å². The predicted octanol–water partition coefficient (Wildman–Crippen LogP) is 3.18. The molecule has 0 aliphatic heterocycles. The Morgan fingerprint density at radius 1 is 1.20 bits per heavy atom. The summed E-state index contributed by atoms with van der Waals surface area (Å²) in [6, 6.07) is 14.5. The van der Waals surface area contributed by atoms with Crippen molar-refractivity contribution >= 4 is 11.7 Å². The molecule has 2 rings (SSSR count). The zero-order valence-corrected chi connectivity index (χ0v) is 11.3. The summed E-state index contributed by atoms with van der Waals surface area (Å²) in [4.78, 5) is 10.7. The number of aryl methyl sites for hydroxylation is 1. The number of ether oxygens (including phenoxy) is 1. The van der Waals surface area contributed by atoms with Crippen LogP contribution in [0, 0.1) is 6.92 Å². The van der Waals surface area contributed by atoms with Gasteiger partial charge < -0.3 is 15.2 Å². The average Bonchev–Trinajstić information content (AvgIpc) is 2.44. The minimum absolute atomic E-state index is 0.284. The third-order valence-electron chi connectivity index (χ3n) is 2.82. The van der Waals surface area contributed by atoms with Crippen molar-refractivity contribution in [3.05, 3.63) is 59.7 Å². The number of rotatable bonds is 6. The summed E-state index contributed by atoms with van der Waals surface area (Å²) >= 11 is 0. The van der Waals surface area contributed by atoms with Gasteiger partial charge in [-0.3, -0.25) is 0 Å². The largest absolute Gasteiger partial charge is 0.492 e. The first kappa shape index (κ1) is 13.9. The van der Waals surface area contributed by atoms with Crippen molar-refractivity contribution in [2.75, 3.05) is 18.5 Å². The highest BCUT2D eigenvalue weighted by atomic mass is 16.5. The number of hydrogen-bond donors (Lipinski definition) is 2. The summed E-state index contributed by atoms with van der Waals surface area (Å²) in [5.41, 5.74) is 2.33. The summed E-state index contributed by atoms with van der Waals surface area (Å²) in [6.45, 7) is 3.22. The molecule has 0 saturated carbocycles. The number of anilines is 1. The Bertz CT molecular complexity index is 579. The molecule has 0 spiro atoms. The van der Waals surface area contributed by atoms with Gasteiger partial charge in [-0.25, -0.2) is 4.79 Å². The van der Waals surface area contributed by atoms with Crippen LogP contribution in [0.2, 0.25) is 0 Å². The molecule has 0 amide bonds. The molecule has 0 bridgehead atoms. The highest BCUT2D eigenvalue weighted by Crippen LogP contribution is 2.12. The molecule has 2 aromatic carbocycles. The van der Waals surface area contributed by atoms with Crippen molar-refractivity contribution in [3.8, 4) is 5.75 Å². The Balaban J connectivity index is 1.77. The Labute approximate surface area is 118 Å². The molecule has 2 aromatic rings. The van der Waals surface area contributed by atoms with Gasteiger partial charge in [-0.1, -0.05) is 12.1 Å². The normalized spacial score (nSPS) is 10.1. The predicted molar refractivity (Wildman–Crippen MR) is 78.6 cm³/mol. The van der Waals surface area contributed by atoms with E-state index in [0.717, 1.165) is 11.4 Å². The second kappa shape index (κ2) is 6.61. The minimum atomic E-state index is -0.917.